The van der Waals surface area contributed by atoms with Crippen LogP contribution in [0, 0.1) is 25.2 Å². The van der Waals surface area contributed by atoms with Crippen molar-refractivity contribution in [1.29, 1.82) is 5.26 Å². The molecule has 1 rings (SSSR count). The van der Waals surface area contributed by atoms with Gasteiger partial charge in [0.05, 0.1) is 6.07 Å². The van der Waals surface area contributed by atoms with Crippen molar-refractivity contribution in [3.63, 3.8) is 0 Å². The van der Waals surface area contributed by atoms with Crippen LogP contribution >= 0.6 is 0 Å². The molecule has 0 radical (unpaired) electrons. The molecule has 0 saturated carbocycles. The molecule has 1 nitrogen and oxygen atoms in total. The zero-order valence-corrected chi connectivity index (χ0v) is 8.26. The maximum Gasteiger partial charge on any atom is 0.0915 e. The largest absolute Gasteiger partial charge is 0.193 e. The Hall–Kier alpha value is -1.55. The number of hydrogen-bond acceptors (Lipinski definition) is 1. The van der Waals surface area contributed by atoms with Gasteiger partial charge in [0.2, 0.25) is 0 Å². The highest BCUT2D eigenvalue weighted by Gasteiger charge is 1.99. The minimum Gasteiger partial charge on any atom is -0.193 e. The number of benzene rings is 1. The lowest BCUT2D eigenvalue weighted by molar-refractivity contribution is 1.35. The zero-order valence-electron chi connectivity index (χ0n) is 8.26. The van der Waals surface area contributed by atoms with Crippen LogP contribution in [0.5, 0.6) is 0 Å². The second-order valence-electron chi connectivity index (χ2n) is 3.27. The van der Waals surface area contributed by atoms with Gasteiger partial charge in [-0.1, -0.05) is 23.8 Å². The zero-order chi connectivity index (χ0) is 9.84. The fourth-order valence-corrected chi connectivity index (χ4v) is 1.43. The van der Waals surface area contributed by atoms with Crippen LogP contribution in [0.15, 0.2) is 24.3 Å². The van der Waals surface area contributed by atoms with Crippen LogP contribution in [-0.2, 0) is 0 Å². The molecule has 0 atom stereocenters. The summed E-state index contributed by atoms with van der Waals surface area (Å²) in [6, 6.07) is 8.30. The topological polar surface area (TPSA) is 23.8 Å². The lowest BCUT2D eigenvalue weighted by Gasteiger charge is -2.05. The summed E-state index contributed by atoms with van der Waals surface area (Å²) in [5.74, 6) is 0. The van der Waals surface area contributed by atoms with Crippen LogP contribution in [0.3, 0.4) is 0 Å². The Bertz CT molecular complexity index is 381. The monoisotopic (exact) mass is 171 g/mol. The molecule has 0 N–H and O–H groups in total. The van der Waals surface area contributed by atoms with Gasteiger partial charge in [0.1, 0.15) is 0 Å². The van der Waals surface area contributed by atoms with Crippen LogP contribution in [0.1, 0.15) is 23.6 Å². The maximum atomic E-state index is 8.52. The summed E-state index contributed by atoms with van der Waals surface area (Å²) in [5, 5.41) is 8.52. The van der Waals surface area contributed by atoms with Gasteiger partial charge in [-0.3, -0.25) is 0 Å². The van der Waals surface area contributed by atoms with Gasteiger partial charge in [0, 0.05) is 6.08 Å². The molecule has 1 heteroatoms. The van der Waals surface area contributed by atoms with E-state index in [4.69, 9.17) is 5.26 Å². The quantitative estimate of drug-likeness (QED) is 0.595. The first kappa shape index (κ1) is 9.54. The first-order valence-corrected chi connectivity index (χ1v) is 4.29. The lowest BCUT2D eigenvalue weighted by atomic mass is 10.00. The summed E-state index contributed by atoms with van der Waals surface area (Å²) in [6.07, 6.45) is 1.58. The van der Waals surface area contributed by atoms with E-state index in [1.165, 1.54) is 11.1 Å². The van der Waals surface area contributed by atoms with E-state index in [1.54, 1.807) is 6.08 Å². The van der Waals surface area contributed by atoms with Gasteiger partial charge in [-0.2, -0.15) is 5.26 Å². The van der Waals surface area contributed by atoms with Crippen molar-refractivity contribution in [3.8, 4) is 6.07 Å². The predicted molar refractivity (Wildman–Crippen MR) is 55.2 cm³/mol. The fourth-order valence-electron chi connectivity index (χ4n) is 1.43. The molecule has 0 amide bonds. The molecule has 0 aromatic heterocycles. The van der Waals surface area contributed by atoms with Crippen molar-refractivity contribution in [2.24, 2.45) is 0 Å². The van der Waals surface area contributed by atoms with Crippen molar-refractivity contribution >= 4 is 5.57 Å². The van der Waals surface area contributed by atoms with Crippen molar-refractivity contribution < 1.29 is 0 Å². The van der Waals surface area contributed by atoms with Gasteiger partial charge in [-0.25, -0.2) is 0 Å². The Balaban J connectivity index is 3.18. The molecule has 0 aliphatic heterocycles. The van der Waals surface area contributed by atoms with Crippen molar-refractivity contribution in [2.75, 3.05) is 0 Å². The molecule has 0 bridgehead atoms. The molecular formula is C12H13N. The van der Waals surface area contributed by atoms with Crippen molar-refractivity contribution in [1.82, 2.24) is 0 Å². The Labute approximate surface area is 79.3 Å². The Morgan fingerprint density at radius 3 is 2.62 bits per heavy atom. The summed E-state index contributed by atoms with van der Waals surface area (Å²) in [7, 11) is 0. The molecule has 0 unspecified atom stereocenters. The van der Waals surface area contributed by atoms with E-state index in [1.807, 2.05) is 13.0 Å². The minimum atomic E-state index is 1.03. The molecule has 0 spiro atoms. The van der Waals surface area contributed by atoms with E-state index >= 15 is 0 Å². The third kappa shape index (κ3) is 2.19. The standard InChI is InChI=1S/C12H13N/c1-9-4-5-12(11(3)8-9)10(2)6-7-13/h4-6,8H,1-3H3/b10-6-. The van der Waals surface area contributed by atoms with Gasteiger partial charge in [-0.05, 0) is 37.5 Å². The molecule has 0 aliphatic carbocycles. The molecule has 1 aromatic carbocycles. The van der Waals surface area contributed by atoms with E-state index in [0.29, 0.717) is 0 Å². The number of rotatable bonds is 1. The van der Waals surface area contributed by atoms with E-state index in [-0.39, 0.29) is 0 Å². The maximum absolute atomic E-state index is 8.52. The Morgan fingerprint density at radius 1 is 1.38 bits per heavy atom. The highest BCUT2D eigenvalue weighted by Crippen LogP contribution is 2.18. The van der Waals surface area contributed by atoms with Gasteiger partial charge in [-0.15, -0.1) is 0 Å². The molecule has 66 valence electrons. The highest BCUT2D eigenvalue weighted by atomic mass is 14.2. The molecule has 0 aliphatic rings. The van der Waals surface area contributed by atoms with Crippen LogP contribution in [0.4, 0.5) is 0 Å². The number of nitriles is 1. The molecule has 13 heavy (non-hydrogen) atoms. The Kier molecular flexibility index (Phi) is 2.87. The molecule has 0 fully saturated rings. The van der Waals surface area contributed by atoms with Crippen molar-refractivity contribution in [2.45, 2.75) is 20.8 Å². The Morgan fingerprint density at radius 2 is 2.08 bits per heavy atom. The summed E-state index contributed by atoms with van der Waals surface area (Å²) in [6.45, 7) is 6.10. The van der Waals surface area contributed by atoms with Crippen molar-refractivity contribution in [3.05, 3.63) is 41.0 Å². The third-order valence-corrected chi connectivity index (χ3v) is 2.09. The van der Waals surface area contributed by atoms with Gasteiger partial charge >= 0.3 is 0 Å². The number of aryl methyl sites for hydroxylation is 2. The molecule has 1 aromatic rings. The highest BCUT2D eigenvalue weighted by molar-refractivity contribution is 5.68. The number of allylic oxidation sites excluding steroid dienone is 2. The second-order valence-corrected chi connectivity index (χ2v) is 3.27. The first-order chi connectivity index (χ1) is 6.15. The predicted octanol–water partition coefficient (Wildman–Crippen LogP) is 3.23. The third-order valence-electron chi connectivity index (χ3n) is 2.09. The summed E-state index contributed by atoms with van der Waals surface area (Å²) in [4.78, 5) is 0. The normalized spacial score (nSPS) is 11.1. The molecule has 0 saturated heterocycles. The SMILES string of the molecule is C/C(=C/C#N)c1ccc(C)cc1C. The van der Waals surface area contributed by atoms with Crippen LogP contribution < -0.4 is 0 Å². The van der Waals surface area contributed by atoms with Crippen LogP contribution in [0.25, 0.3) is 5.57 Å². The van der Waals surface area contributed by atoms with E-state index < -0.39 is 0 Å². The van der Waals surface area contributed by atoms with Gasteiger partial charge in [0.25, 0.3) is 0 Å². The van der Waals surface area contributed by atoms with E-state index in [0.717, 1.165) is 11.1 Å². The van der Waals surface area contributed by atoms with E-state index in [9.17, 15) is 0 Å². The molecule has 0 heterocycles. The minimum absolute atomic E-state index is 1.03. The summed E-state index contributed by atoms with van der Waals surface area (Å²) < 4.78 is 0. The summed E-state index contributed by atoms with van der Waals surface area (Å²) in [5.41, 5.74) is 4.67. The van der Waals surface area contributed by atoms with Gasteiger partial charge in [0.15, 0.2) is 0 Å². The lowest BCUT2D eigenvalue weighted by Crippen LogP contribution is -1.86. The smallest absolute Gasteiger partial charge is 0.0915 e. The average molecular weight is 171 g/mol. The molecular weight excluding hydrogens is 158 g/mol. The van der Waals surface area contributed by atoms with Crippen LogP contribution in [0.2, 0.25) is 0 Å². The average Bonchev–Trinajstić information content (AvgIpc) is 2.04. The first-order valence-electron chi connectivity index (χ1n) is 4.29. The van der Waals surface area contributed by atoms with E-state index in [2.05, 4.69) is 32.0 Å². The second kappa shape index (κ2) is 3.91. The number of nitrogens with zero attached hydrogens (tertiary/aromatic N) is 1. The summed E-state index contributed by atoms with van der Waals surface area (Å²) >= 11 is 0. The number of hydrogen-bond donors (Lipinski definition) is 0. The van der Waals surface area contributed by atoms with Crippen LogP contribution in [-0.4, -0.2) is 0 Å². The van der Waals surface area contributed by atoms with Gasteiger partial charge < -0.3 is 0 Å². The fraction of sp³-hybridized carbons (Fsp3) is 0.250.